The van der Waals surface area contributed by atoms with Crippen LogP contribution in [0.25, 0.3) is 0 Å². The van der Waals surface area contributed by atoms with E-state index in [0.29, 0.717) is 25.7 Å². The Morgan fingerprint density at radius 3 is 0.660 bits per heavy atom. The van der Waals surface area contributed by atoms with Crippen LogP contribution in [-0.4, -0.2) is 96.7 Å². The first-order valence-corrected chi connectivity index (χ1v) is 46.6. The number of unbranched alkanes of at least 4 members (excludes halogenated alkanes) is 56. The van der Waals surface area contributed by atoms with Crippen molar-refractivity contribution in [3.63, 3.8) is 0 Å². The molecule has 0 bridgehead atoms. The molecule has 2 unspecified atom stereocenters. The van der Waals surface area contributed by atoms with Gasteiger partial charge in [0.2, 0.25) is 0 Å². The molecule has 5 atom stereocenters. The second-order valence-electron chi connectivity index (χ2n) is 30.7. The average molecular weight is 1510 g/mol. The minimum absolute atomic E-state index is 0.107. The standard InChI is InChI=1S/C84H164O17P2/c1-6-9-12-15-18-21-24-27-29-30-31-32-33-34-35-37-40-43-49-54-59-64-69-83(88)100-79(73-95-82(87)68-63-58-53-48-42-39-36-28-25-22-19-16-13-10-7-2)75-98-102(90,91)96-71-78(85)72-97-103(92,93)99-76-80(101-84(89)70-65-60-55-50-45-44-46-51-56-61-66-77(4)5)74-94-81(86)67-62-57-52-47-41-38-26-23-20-17-14-11-8-3/h77-80,85H,6-76H2,1-5H3,(H,90,91)(H,92,93)/t78-,79-,80-/m1/s1. The highest BCUT2D eigenvalue weighted by Gasteiger charge is 2.30. The molecule has 17 nitrogen and oxygen atoms in total. The van der Waals surface area contributed by atoms with Crippen LogP contribution in [0.2, 0.25) is 0 Å². The van der Waals surface area contributed by atoms with Crippen LogP contribution in [0.1, 0.15) is 452 Å². The van der Waals surface area contributed by atoms with E-state index in [-0.39, 0.29) is 25.7 Å². The second-order valence-corrected chi connectivity index (χ2v) is 33.6. The maximum Gasteiger partial charge on any atom is 0.472 e. The summed E-state index contributed by atoms with van der Waals surface area (Å²) in [5.41, 5.74) is 0. The third kappa shape index (κ3) is 78.0. The molecular weight excluding hydrogens is 1340 g/mol. The summed E-state index contributed by atoms with van der Waals surface area (Å²) in [5.74, 6) is -1.35. The van der Waals surface area contributed by atoms with E-state index in [0.717, 1.165) is 95.8 Å². The molecular formula is C84H164O17P2. The molecule has 0 aliphatic heterocycles. The third-order valence-corrected chi connectivity index (χ3v) is 21.7. The van der Waals surface area contributed by atoms with Crippen LogP contribution in [0.15, 0.2) is 0 Å². The van der Waals surface area contributed by atoms with Gasteiger partial charge in [-0.15, -0.1) is 0 Å². The molecule has 0 spiro atoms. The van der Waals surface area contributed by atoms with Crippen molar-refractivity contribution in [2.45, 2.75) is 470 Å². The zero-order chi connectivity index (χ0) is 75.5. The van der Waals surface area contributed by atoms with Gasteiger partial charge in [-0.05, 0) is 31.6 Å². The Kier molecular flexibility index (Phi) is 75.4. The Hall–Kier alpha value is -1.94. The number of esters is 4. The minimum Gasteiger partial charge on any atom is -0.462 e. The van der Waals surface area contributed by atoms with Crippen molar-refractivity contribution in [1.29, 1.82) is 0 Å². The number of phosphoric ester groups is 2. The number of carbonyl (C=O) groups is 4. The lowest BCUT2D eigenvalue weighted by Crippen LogP contribution is -2.30. The minimum atomic E-state index is -4.96. The fourth-order valence-corrected chi connectivity index (χ4v) is 14.7. The highest BCUT2D eigenvalue weighted by atomic mass is 31.2. The quantitative estimate of drug-likeness (QED) is 0.0222. The predicted molar refractivity (Wildman–Crippen MR) is 423 cm³/mol. The number of hydrogen-bond donors (Lipinski definition) is 3. The summed E-state index contributed by atoms with van der Waals surface area (Å²) in [5, 5.41) is 10.7. The third-order valence-electron chi connectivity index (χ3n) is 19.8. The maximum absolute atomic E-state index is 13.1. The summed E-state index contributed by atoms with van der Waals surface area (Å²) in [4.78, 5) is 73.1. The van der Waals surface area contributed by atoms with Gasteiger partial charge in [0, 0.05) is 25.7 Å². The smallest absolute Gasteiger partial charge is 0.462 e. The molecule has 0 saturated carbocycles. The zero-order valence-electron chi connectivity index (χ0n) is 67.5. The van der Waals surface area contributed by atoms with E-state index in [1.54, 1.807) is 0 Å². The van der Waals surface area contributed by atoms with Crippen molar-refractivity contribution in [3.05, 3.63) is 0 Å². The number of aliphatic hydroxyl groups excluding tert-OH is 1. The van der Waals surface area contributed by atoms with Gasteiger partial charge in [-0.25, -0.2) is 9.13 Å². The average Bonchev–Trinajstić information content (AvgIpc) is 0.982. The van der Waals surface area contributed by atoms with Crippen molar-refractivity contribution >= 4 is 39.5 Å². The van der Waals surface area contributed by atoms with Gasteiger partial charge < -0.3 is 33.8 Å². The molecule has 3 N–H and O–H groups in total. The first-order valence-electron chi connectivity index (χ1n) is 43.6. The van der Waals surface area contributed by atoms with Crippen molar-refractivity contribution in [2.24, 2.45) is 5.92 Å². The number of ether oxygens (including phenoxy) is 4. The van der Waals surface area contributed by atoms with Crippen molar-refractivity contribution < 1.29 is 80.2 Å². The van der Waals surface area contributed by atoms with Crippen LogP contribution < -0.4 is 0 Å². The fourth-order valence-electron chi connectivity index (χ4n) is 13.1. The van der Waals surface area contributed by atoms with E-state index in [1.165, 1.54) is 276 Å². The first kappa shape index (κ1) is 101. The van der Waals surface area contributed by atoms with E-state index < -0.39 is 97.5 Å². The van der Waals surface area contributed by atoms with Crippen LogP contribution in [0.4, 0.5) is 0 Å². The first-order chi connectivity index (χ1) is 50.0. The van der Waals surface area contributed by atoms with Crippen LogP contribution in [0, 0.1) is 5.92 Å². The van der Waals surface area contributed by atoms with Gasteiger partial charge in [0.05, 0.1) is 26.4 Å². The molecule has 0 aromatic heterocycles. The van der Waals surface area contributed by atoms with Gasteiger partial charge in [-0.1, -0.05) is 401 Å². The van der Waals surface area contributed by atoms with E-state index in [9.17, 15) is 43.2 Å². The predicted octanol–water partition coefficient (Wildman–Crippen LogP) is 25.6. The molecule has 19 heteroatoms. The normalized spacial score (nSPS) is 13.8. The van der Waals surface area contributed by atoms with Gasteiger partial charge >= 0.3 is 39.5 Å². The molecule has 0 aliphatic carbocycles. The fraction of sp³-hybridized carbons (Fsp3) is 0.952. The molecule has 103 heavy (non-hydrogen) atoms. The molecule has 0 amide bonds. The Bertz CT molecular complexity index is 1960. The van der Waals surface area contributed by atoms with Crippen LogP contribution in [0.3, 0.4) is 0 Å². The summed E-state index contributed by atoms with van der Waals surface area (Å²) >= 11 is 0. The van der Waals surface area contributed by atoms with Crippen LogP contribution >= 0.6 is 15.6 Å². The Balaban J connectivity index is 5.22. The lowest BCUT2D eigenvalue weighted by atomic mass is 10.0. The monoisotopic (exact) mass is 1510 g/mol. The van der Waals surface area contributed by atoms with E-state index in [4.69, 9.17) is 37.0 Å². The largest absolute Gasteiger partial charge is 0.472 e. The molecule has 0 aliphatic rings. The SMILES string of the molecule is CCCCCCCCCCCCCCCCCCCCCCCCC(=O)O[C@H](COC(=O)CCCCCCCCCCCCCCCCC)COP(=O)(O)OC[C@@H](O)COP(=O)(O)OC[C@@H](COC(=O)CCCCCCCCCCCCCCC)OC(=O)CCCCCCCCCCCCC(C)C. The summed E-state index contributed by atoms with van der Waals surface area (Å²) in [6, 6.07) is 0. The number of hydrogen-bond acceptors (Lipinski definition) is 15. The van der Waals surface area contributed by atoms with Crippen molar-refractivity contribution in [1.82, 2.24) is 0 Å². The van der Waals surface area contributed by atoms with E-state index >= 15 is 0 Å². The maximum atomic E-state index is 13.1. The van der Waals surface area contributed by atoms with Crippen LogP contribution in [0.5, 0.6) is 0 Å². The van der Waals surface area contributed by atoms with Gasteiger partial charge in [0.15, 0.2) is 12.2 Å². The summed E-state index contributed by atoms with van der Waals surface area (Å²) in [6.45, 7) is 7.34. The molecule has 0 saturated heterocycles. The number of rotatable bonds is 84. The number of carbonyl (C=O) groups excluding carboxylic acids is 4. The molecule has 612 valence electrons. The summed E-state index contributed by atoms with van der Waals surface area (Å²) < 4.78 is 68.8. The van der Waals surface area contributed by atoms with Gasteiger partial charge in [0.25, 0.3) is 0 Å². The van der Waals surface area contributed by atoms with Gasteiger partial charge in [-0.3, -0.25) is 37.3 Å². The molecule has 0 heterocycles. The highest BCUT2D eigenvalue weighted by molar-refractivity contribution is 7.47. The second kappa shape index (κ2) is 76.8. The van der Waals surface area contributed by atoms with E-state index in [1.807, 2.05) is 0 Å². The molecule has 0 radical (unpaired) electrons. The molecule has 0 fully saturated rings. The van der Waals surface area contributed by atoms with Gasteiger partial charge in [0.1, 0.15) is 19.3 Å². The number of phosphoric acid groups is 2. The van der Waals surface area contributed by atoms with E-state index in [2.05, 4.69) is 34.6 Å². The molecule has 0 rings (SSSR count). The Morgan fingerprint density at radius 2 is 0.447 bits per heavy atom. The molecule has 0 aromatic rings. The Labute approximate surface area is 632 Å². The highest BCUT2D eigenvalue weighted by Crippen LogP contribution is 2.45. The topological polar surface area (TPSA) is 237 Å². The molecule has 0 aromatic carbocycles. The Morgan fingerprint density at radius 1 is 0.262 bits per heavy atom. The van der Waals surface area contributed by atoms with Crippen LogP contribution in [-0.2, 0) is 65.4 Å². The summed E-state index contributed by atoms with van der Waals surface area (Å²) in [6.07, 6.45) is 69.4. The lowest BCUT2D eigenvalue weighted by molar-refractivity contribution is -0.161. The summed E-state index contributed by atoms with van der Waals surface area (Å²) in [7, 11) is -9.92. The van der Waals surface area contributed by atoms with Crippen molar-refractivity contribution in [3.8, 4) is 0 Å². The number of aliphatic hydroxyl groups is 1. The van der Waals surface area contributed by atoms with Crippen molar-refractivity contribution in [2.75, 3.05) is 39.6 Å². The zero-order valence-corrected chi connectivity index (χ0v) is 69.3. The van der Waals surface area contributed by atoms with Gasteiger partial charge in [-0.2, -0.15) is 0 Å². The lowest BCUT2D eigenvalue weighted by Gasteiger charge is -2.21.